The zero-order chi connectivity index (χ0) is 13.9. The minimum Gasteiger partial charge on any atom is -0.369 e. The van der Waals surface area contributed by atoms with E-state index in [-0.39, 0.29) is 24.1 Å². The Kier molecular flexibility index (Phi) is 4.35. The predicted octanol–water partition coefficient (Wildman–Crippen LogP) is 2.30. The minimum absolute atomic E-state index is 0.0606. The number of anilines is 2. The Bertz CT molecular complexity index is 436. The average Bonchev–Trinajstić information content (AvgIpc) is 3.17. The van der Waals surface area contributed by atoms with Crippen LogP contribution in [0, 0.1) is 0 Å². The van der Waals surface area contributed by atoms with Crippen molar-refractivity contribution in [1.29, 1.82) is 0 Å². The van der Waals surface area contributed by atoms with Crippen LogP contribution in [0.25, 0.3) is 0 Å². The number of hydrogen-bond acceptors (Lipinski definition) is 6. The molecule has 1 heterocycles. The quantitative estimate of drug-likeness (QED) is 0.424. The van der Waals surface area contributed by atoms with E-state index in [1.165, 1.54) is 0 Å². The van der Waals surface area contributed by atoms with Crippen molar-refractivity contribution in [3.8, 4) is 0 Å². The van der Waals surface area contributed by atoms with E-state index in [0.717, 1.165) is 12.8 Å². The molecule has 1 aromatic heterocycles. The molecule has 0 spiro atoms. The summed E-state index contributed by atoms with van der Waals surface area (Å²) in [6, 6.07) is 1.57. The van der Waals surface area contributed by atoms with E-state index in [1.54, 1.807) is 6.07 Å². The smallest absolute Gasteiger partial charge is 0.369 e. The topological polar surface area (TPSA) is 75.9 Å². The molecular weight excluding hydrogens is 279 g/mol. The van der Waals surface area contributed by atoms with Crippen molar-refractivity contribution in [3.63, 3.8) is 0 Å². The molecule has 0 aliphatic heterocycles. The van der Waals surface area contributed by atoms with Gasteiger partial charge in [-0.25, -0.2) is 15.8 Å². The highest BCUT2D eigenvalue weighted by Crippen LogP contribution is 2.38. The first-order chi connectivity index (χ1) is 8.98. The molecule has 0 bridgehead atoms. The number of nitrogens with zero attached hydrogens (tertiary/aromatic N) is 2. The summed E-state index contributed by atoms with van der Waals surface area (Å²) in [5, 5.41) is 2.85. The zero-order valence-electron chi connectivity index (χ0n) is 10.00. The van der Waals surface area contributed by atoms with Gasteiger partial charge < -0.3 is 10.7 Å². The fourth-order valence-electron chi connectivity index (χ4n) is 1.50. The molecule has 0 aromatic carbocycles. The summed E-state index contributed by atoms with van der Waals surface area (Å²) < 4.78 is 35.9. The van der Waals surface area contributed by atoms with Crippen molar-refractivity contribution in [2.75, 3.05) is 23.0 Å². The van der Waals surface area contributed by atoms with Crippen LogP contribution in [0.2, 0.25) is 0 Å². The number of aromatic nitrogens is 2. The van der Waals surface area contributed by atoms with Crippen molar-refractivity contribution < 1.29 is 13.2 Å². The van der Waals surface area contributed by atoms with Gasteiger partial charge in [-0.15, -0.1) is 0 Å². The predicted molar refractivity (Wildman–Crippen MR) is 68.8 cm³/mol. The Labute approximate surface area is 112 Å². The van der Waals surface area contributed by atoms with Crippen LogP contribution in [-0.2, 0) is 0 Å². The van der Waals surface area contributed by atoms with Gasteiger partial charge in [-0.05, 0) is 24.6 Å². The van der Waals surface area contributed by atoms with Crippen molar-refractivity contribution in [2.24, 2.45) is 5.84 Å². The Balaban J connectivity index is 1.90. The summed E-state index contributed by atoms with van der Waals surface area (Å²) >= 11 is -0.0606. The van der Waals surface area contributed by atoms with Gasteiger partial charge in [0.1, 0.15) is 17.5 Å². The van der Waals surface area contributed by atoms with Crippen LogP contribution >= 0.6 is 11.8 Å². The Morgan fingerprint density at radius 3 is 2.58 bits per heavy atom. The highest BCUT2D eigenvalue weighted by atomic mass is 32.2. The lowest BCUT2D eigenvalue weighted by Crippen LogP contribution is -2.14. The molecule has 1 saturated carbocycles. The first-order valence-corrected chi connectivity index (χ1v) is 6.76. The van der Waals surface area contributed by atoms with Crippen LogP contribution in [0.1, 0.15) is 24.6 Å². The standard InChI is InChI=1S/C10H14F3N5S/c11-10(12,13)19-4-3-15-7-5-8(18-14)17-9(16-7)6-1-2-6/h5-6H,1-4,14H2,(H2,15,16,17,18). The Morgan fingerprint density at radius 1 is 1.32 bits per heavy atom. The Hall–Kier alpha value is -1.22. The zero-order valence-corrected chi connectivity index (χ0v) is 10.8. The van der Waals surface area contributed by atoms with E-state index in [0.29, 0.717) is 23.4 Å². The lowest BCUT2D eigenvalue weighted by Gasteiger charge is -2.10. The van der Waals surface area contributed by atoms with E-state index in [2.05, 4.69) is 20.7 Å². The molecule has 106 valence electrons. The van der Waals surface area contributed by atoms with Gasteiger partial charge in [-0.2, -0.15) is 13.2 Å². The third-order valence-electron chi connectivity index (χ3n) is 2.51. The molecule has 0 radical (unpaired) electrons. The van der Waals surface area contributed by atoms with Gasteiger partial charge >= 0.3 is 5.51 Å². The molecule has 4 N–H and O–H groups in total. The van der Waals surface area contributed by atoms with Crippen LogP contribution in [0.3, 0.4) is 0 Å². The number of nitrogens with one attached hydrogen (secondary N) is 2. The van der Waals surface area contributed by atoms with Crippen molar-refractivity contribution >= 4 is 23.4 Å². The second-order valence-corrected chi connectivity index (χ2v) is 5.30. The number of hydrazine groups is 1. The number of thioether (sulfide) groups is 1. The SMILES string of the molecule is NNc1cc(NCCSC(F)(F)F)nc(C2CC2)n1. The van der Waals surface area contributed by atoms with E-state index in [4.69, 9.17) is 5.84 Å². The van der Waals surface area contributed by atoms with Crippen LogP contribution in [0.15, 0.2) is 6.07 Å². The molecular formula is C10H14F3N5S. The minimum atomic E-state index is -4.20. The van der Waals surface area contributed by atoms with E-state index >= 15 is 0 Å². The maximum atomic E-state index is 12.0. The molecule has 0 atom stereocenters. The van der Waals surface area contributed by atoms with Gasteiger partial charge in [-0.3, -0.25) is 0 Å². The van der Waals surface area contributed by atoms with E-state index in [9.17, 15) is 13.2 Å². The Morgan fingerprint density at radius 2 is 2.00 bits per heavy atom. The molecule has 19 heavy (non-hydrogen) atoms. The fraction of sp³-hybridized carbons (Fsp3) is 0.600. The molecule has 0 saturated heterocycles. The normalized spacial score (nSPS) is 15.4. The van der Waals surface area contributed by atoms with Gasteiger partial charge in [0, 0.05) is 24.3 Å². The maximum absolute atomic E-state index is 12.0. The third-order valence-corrected chi connectivity index (χ3v) is 3.24. The molecule has 1 aromatic rings. The highest BCUT2D eigenvalue weighted by molar-refractivity contribution is 8.00. The van der Waals surface area contributed by atoms with Crippen LogP contribution < -0.4 is 16.6 Å². The lowest BCUT2D eigenvalue weighted by molar-refractivity contribution is -0.0327. The van der Waals surface area contributed by atoms with Gasteiger partial charge in [0.25, 0.3) is 0 Å². The number of rotatable bonds is 6. The second-order valence-electron chi connectivity index (χ2n) is 4.14. The average molecular weight is 293 g/mol. The molecule has 1 aliphatic rings. The van der Waals surface area contributed by atoms with E-state index in [1.807, 2.05) is 0 Å². The first-order valence-electron chi connectivity index (χ1n) is 5.78. The molecule has 2 rings (SSSR count). The lowest BCUT2D eigenvalue weighted by atomic mass is 10.4. The summed E-state index contributed by atoms with van der Waals surface area (Å²) in [5.41, 5.74) is -1.77. The van der Waals surface area contributed by atoms with Crippen molar-refractivity contribution in [3.05, 3.63) is 11.9 Å². The third kappa shape index (κ3) is 4.75. The van der Waals surface area contributed by atoms with Crippen LogP contribution in [0.4, 0.5) is 24.8 Å². The van der Waals surface area contributed by atoms with Crippen LogP contribution in [0.5, 0.6) is 0 Å². The fourth-order valence-corrected chi connectivity index (χ4v) is 1.94. The maximum Gasteiger partial charge on any atom is 0.441 e. The number of alkyl halides is 3. The number of halogens is 3. The molecule has 0 unspecified atom stereocenters. The molecule has 5 nitrogen and oxygen atoms in total. The summed E-state index contributed by atoms with van der Waals surface area (Å²) in [5.74, 6) is 7.21. The number of hydrogen-bond donors (Lipinski definition) is 3. The first kappa shape index (κ1) is 14.2. The summed E-state index contributed by atoms with van der Waals surface area (Å²) in [6.45, 7) is 0.176. The molecule has 1 aliphatic carbocycles. The van der Waals surface area contributed by atoms with Gasteiger partial charge in [0.05, 0.1) is 0 Å². The molecule has 1 fully saturated rings. The summed E-state index contributed by atoms with van der Waals surface area (Å²) in [4.78, 5) is 8.48. The summed E-state index contributed by atoms with van der Waals surface area (Å²) in [6.07, 6.45) is 2.08. The van der Waals surface area contributed by atoms with E-state index < -0.39 is 5.51 Å². The van der Waals surface area contributed by atoms with Gasteiger partial charge in [-0.1, -0.05) is 0 Å². The monoisotopic (exact) mass is 293 g/mol. The van der Waals surface area contributed by atoms with Gasteiger partial charge in [0.15, 0.2) is 0 Å². The molecule has 0 amide bonds. The largest absolute Gasteiger partial charge is 0.441 e. The number of nitrogens with two attached hydrogens (primary N) is 1. The van der Waals surface area contributed by atoms with Gasteiger partial charge in [0.2, 0.25) is 0 Å². The second kappa shape index (κ2) is 5.83. The van der Waals surface area contributed by atoms with Crippen molar-refractivity contribution in [2.45, 2.75) is 24.3 Å². The summed E-state index contributed by atoms with van der Waals surface area (Å²) in [7, 11) is 0. The van der Waals surface area contributed by atoms with Crippen molar-refractivity contribution in [1.82, 2.24) is 9.97 Å². The van der Waals surface area contributed by atoms with Crippen LogP contribution in [-0.4, -0.2) is 27.8 Å². The number of nitrogen functional groups attached to an aromatic ring is 1. The molecule has 9 heteroatoms. The highest BCUT2D eigenvalue weighted by Gasteiger charge is 2.28.